The maximum Gasteiger partial charge on any atom is 0.243 e. The summed E-state index contributed by atoms with van der Waals surface area (Å²) >= 11 is 0. The van der Waals surface area contributed by atoms with Crippen LogP contribution in [0.1, 0.15) is 12.0 Å². The van der Waals surface area contributed by atoms with E-state index in [1.165, 1.54) is 16.4 Å². The van der Waals surface area contributed by atoms with Gasteiger partial charge in [-0.3, -0.25) is 0 Å². The van der Waals surface area contributed by atoms with Gasteiger partial charge in [-0.2, -0.15) is 4.31 Å². The van der Waals surface area contributed by atoms with E-state index < -0.39 is 22.4 Å². The van der Waals surface area contributed by atoms with Crippen LogP contribution in [0.3, 0.4) is 0 Å². The van der Waals surface area contributed by atoms with Gasteiger partial charge in [0, 0.05) is 19.7 Å². The maximum absolute atomic E-state index is 13.8. The lowest BCUT2D eigenvalue weighted by atomic mass is 10.1. The Hall–Kier alpha value is -1.46. The van der Waals surface area contributed by atoms with Gasteiger partial charge in [-0.25, -0.2) is 12.8 Å². The van der Waals surface area contributed by atoms with E-state index in [9.17, 15) is 12.8 Å². The molecule has 1 aliphatic heterocycles. The summed E-state index contributed by atoms with van der Waals surface area (Å²) in [4.78, 5) is -0.131. The van der Waals surface area contributed by atoms with Gasteiger partial charge in [0.2, 0.25) is 10.0 Å². The van der Waals surface area contributed by atoms with Gasteiger partial charge in [0.1, 0.15) is 12.4 Å². The van der Waals surface area contributed by atoms with Crippen molar-refractivity contribution in [2.45, 2.75) is 11.3 Å². The standard InChI is InChI=1S/C14H16FNO4S/c15-14-8-13(4-3-12(14)2-1-7-17)21(19,20)16-6-5-11(9-16)10-18/h3-4,8,11,17-18H,5-7,9-10H2. The molecular formula is C14H16FNO4S. The first-order chi connectivity index (χ1) is 9.98. The molecule has 0 aliphatic carbocycles. The first-order valence-electron chi connectivity index (χ1n) is 6.49. The van der Waals surface area contributed by atoms with Crippen LogP contribution >= 0.6 is 0 Å². The number of aliphatic hydroxyl groups is 2. The Balaban J connectivity index is 2.27. The quantitative estimate of drug-likeness (QED) is 0.780. The first-order valence-corrected chi connectivity index (χ1v) is 7.93. The van der Waals surface area contributed by atoms with E-state index in [1.54, 1.807) is 0 Å². The Morgan fingerprint density at radius 3 is 2.71 bits per heavy atom. The van der Waals surface area contributed by atoms with E-state index >= 15 is 0 Å². The zero-order valence-electron chi connectivity index (χ0n) is 11.3. The van der Waals surface area contributed by atoms with E-state index in [1.807, 2.05) is 0 Å². The monoisotopic (exact) mass is 313 g/mol. The lowest BCUT2D eigenvalue weighted by molar-refractivity contribution is 0.233. The van der Waals surface area contributed by atoms with Gasteiger partial charge < -0.3 is 10.2 Å². The van der Waals surface area contributed by atoms with Crippen LogP contribution in [0.4, 0.5) is 4.39 Å². The second-order valence-electron chi connectivity index (χ2n) is 4.80. The maximum atomic E-state index is 13.8. The van der Waals surface area contributed by atoms with Crippen molar-refractivity contribution in [2.24, 2.45) is 5.92 Å². The van der Waals surface area contributed by atoms with Crippen molar-refractivity contribution in [3.63, 3.8) is 0 Å². The summed E-state index contributed by atoms with van der Waals surface area (Å²) in [7, 11) is -3.76. The highest BCUT2D eigenvalue weighted by molar-refractivity contribution is 7.89. The van der Waals surface area contributed by atoms with Crippen molar-refractivity contribution < 1.29 is 23.0 Å². The van der Waals surface area contributed by atoms with Gasteiger partial charge in [-0.05, 0) is 30.5 Å². The van der Waals surface area contributed by atoms with Gasteiger partial charge in [-0.15, -0.1) is 0 Å². The Kier molecular flexibility index (Phi) is 4.96. The van der Waals surface area contributed by atoms with Crippen LogP contribution in [-0.2, 0) is 10.0 Å². The molecule has 1 fully saturated rings. The number of sulfonamides is 1. The molecule has 1 saturated heterocycles. The molecule has 0 aromatic heterocycles. The lowest BCUT2D eigenvalue weighted by Gasteiger charge is -2.16. The summed E-state index contributed by atoms with van der Waals surface area (Å²) in [5, 5.41) is 17.6. The van der Waals surface area contributed by atoms with Crippen molar-refractivity contribution >= 4 is 10.0 Å². The molecule has 1 aromatic carbocycles. The molecule has 1 aliphatic rings. The molecule has 1 atom stereocenters. The molecule has 21 heavy (non-hydrogen) atoms. The van der Waals surface area contributed by atoms with E-state index in [0.29, 0.717) is 13.0 Å². The van der Waals surface area contributed by atoms with Gasteiger partial charge in [0.05, 0.1) is 10.5 Å². The predicted molar refractivity (Wildman–Crippen MR) is 74.3 cm³/mol. The molecule has 1 unspecified atom stereocenters. The minimum atomic E-state index is -3.76. The van der Waals surface area contributed by atoms with Crippen molar-refractivity contribution in [3.8, 4) is 11.8 Å². The van der Waals surface area contributed by atoms with E-state index in [-0.39, 0.29) is 29.5 Å². The second-order valence-corrected chi connectivity index (χ2v) is 6.74. The third kappa shape index (κ3) is 3.41. The molecule has 114 valence electrons. The molecular weight excluding hydrogens is 297 g/mol. The number of nitrogens with zero attached hydrogens (tertiary/aromatic N) is 1. The first kappa shape index (κ1) is 15.9. The molecule has 1 aromatic rings. The van der Waals surface area contributed by atoms with Crippen LogP contribution in [0.25, 0.3) is 0 Å². The summed E-state index contributed by atoms with van der Waals surface area (Å²) < 4.78 is 39.8. The SMILES string of the molecule is O=S(=O)(c1ccc(C#CCO)c(F)c1)N1CCC(CO)C1. The molecule has 2 rings (SSSR count). The summed E-state index contributed by atoms with van der Waals surface area (Å²) in [6, 6.07) is 3.51. The molecule has 0 spiro atoms. The summed E-state index contributed by atoms with van der Waals surface area (Å²) in [6.07, 6.45) is 0.596. The fourth-order valence-electron chi connectivity index (χ4n) is 2.21. The van der Waals surface area contributed by atoms with Crippen LogP contribution < -0.4 is 0 Å². The zero-order chi connectivity index (χ0) is 15.5. The number of hydrogen-bond donors (Lipinski definition) is 2. The zero-order valence-corrected chi connectivity index (χ0v) is 12.1. The second kappa shape index (κ2) is 6.54. The average molecular weight is 313 g/mol. The van der Waals surface area contributed by atoms with Crippen LogP contribution in [0, 0.1) is 23.6 Å². The molecule has 0 amide bonds. The van der Waals surface area contributed by atoms with E-state index in [2.05, 4.69) is 11.8 Å². The molecule has 2 N–H and O–H groups in total. The molecule has 1 heterocycles. The molecule has 0 radical (unpaired) electrons. The van der Waals surface area contributed by atoms with Crippen molar-refractivity contribution in [2.75, 3.05) is 26.3 Å². The Morgan fingerprint density at radius 2 is 2.14 bits per heavy atom. The number of halogens is 1. The largest absolute Gasteiger partial charge is 0.396 e. The average Bonchev–Trinajstić information content (AvgIpc) is 2.95. The lowest BCUT2D eigenvalue weighted by Crippen LogP contribution is -2.29. The van der Waals surface area contributed by atoms with Crippen LogP contribution in [0.5, 0.6) is 0 Å². The summed E-state index contributed by atoms with van der Waals surface area (Å²) in [5.41, 5.74) is 0.0395. The van der Waals surface area contributed by atoms with Gasteiger partial charge in [0.15, 0.2) is 0 Å². The van der Waals surface area contributed by atoms with Crippen molar-refractivity contribution in [1.82, 2.24) is 4.31 Å². The third-order valence-corrected chi connectivity index (χ3v) is 5.25. The number of hydrogen-bond acceptors (Lipinski definition) is 4. The molecule has 0 saturated carbocycles. The Labute approximate surface area is 123 Å². The van der Waals surface area contributed by atoms with Crippen LogP contribution in [0.15, 0.2) is 23.1 Å². The van der Waals surface area contributed by atoms with Gasteiger partial charge >= 0.3 is 0 Å². The third-order valence-electron chi connectivity index (χ3n) is 3.39. The number of rotatable bonds is 3. The van der Waals surface area contributed by atoms with Crippen LogP contribution in [0.2, 0.25) is 0 Å². The van der Waals surface area contributed by atoms with Gasteiger partial charge in [-0.1, -0.05) is 11.8 Å². The predicted octanol–water partition coefficient (Wildman–Crippen LogP) is 0.172. The summed E-state index contributed by atoms with van der Waals surface area (Å²) in [5.74, 6) is 3.91. The van der Waals surface area contributed by atoms with Crippen molar-refractivity contribution in [1.29, 1.82) is 0 Å². The van der Waals surface area contributed by atoms with Gasteiger partial charge in [0.25, 0.3) is 0 Å². The normalized spacial score (nSPS) is 19.3. The Morgan fingerprint density at radius 1 is 1.38 bits per heavy atom. The van der Waals surface area contributed by atoms with E-state index in [0.717, 1.165) is 6.07 Å². The minimum absolute atomic E-state index is 0.0395. The number of aliphatic hydroxyl groups excluding tert-OH is 2. The number of benzene rings is 1. The van der Waals surface area contributed by atoms with Crippen molar-refractivity contribution in [3.05, 3.63) is 29.6 Å². The highest BCUT2D eigenvalue weighted by Gasteiger charge is 2.32. The van der Waals surface area contributed by atoms with E-state index in [4.69, 9.17) is 10.2 Å². The fraction of sp³-hybridized carbons (Fsp3) is 0.429. The summed E-state index contributed by atoms with van der Waals surface area (Å²) in [6.45, 7) is 0.111. The molecule has 7 heteroatoms. The Bertz CT molecular complexity index is 678. The highest BCUT2D eigenvalue weighted by atomic mass is 32.2. The molecule has 0 bridgehead atoms. The minimum Gasteiger partial charge on any atom is -0.396 e. The smallest absolute Gasteiger partial charge is 0.243 e. The van der Waals surface area contributed by atoms with Crippen LogP contribution in [-0.4, -0.2) is 49.2 Å². The fourth-order valence-corrected chi connectivity index (χ4v) is 3.75. The molecule has 5 nitrogen and oxygen atoms in total. The highest BCUT2D eigenvalue weighted by Crippen LogP contribution is 2.25. The topological polar surface area (TPSA) is 77.8 Å².